The standard InChI is InChI=1S/C31H31NO5/c1-5-35-24-13-12-22(18-26(24)36-6-2)28-27-29(33)23-16-19(3)20(4)17-25(23)37-30(27)31(34)32(28)15-14-21-10-8-7-9-11-21/h7-13,16-18,28H,5-6,14-15H2,1-4H3. The zero-order valence-electron chi connectivity index (χ0n) is 21.7. The average Bonchev–Trinajstić information content (AvgIpc) is 3.17. The second-order valence-corrected chi connectivity index (χ2v) is 9.32. The van der Waals surface area contributed by atoms with E-state index in [-0.39, 0.29) is 17.1 Å². The van der Waals surface area contributed by atoms with Crippen molar-refractivity contribution in [1.29, 1.82) is 0 Å². The van der Waals surface area contributed by atoms with Gasteiger partial charge >= 0.3 is 0 Å². The van der Waals surface area contributed by atoms with Crippen LogP contribution in [0.3, 0.4) is 0 Å². The molecule has 6 heteroatoms. The molecule has 0 bridgehead atoms. The van der Waals surface area contributed by atoms with E-state index in [1.54, 1.807) is 4.90 Å². The molecule has 1 amide bonds. The molecule has 3 aromatic carbocycles. The molecule has 37 heavy (non-hydrogen) atoms. The maximum atomic E-state index is 13.9. The summed E-state index contributed by atoms with van der Waals surface area (Å²) in [6, 6.07) is 18.7. The molecule has 0 saturated carbocycles. The Kier molecular flexibility index (Phi) is 6.74. The summed E-state index contributed by atoms with van der Waals surface area (Å²) >= 11 is 0. The van der Waals surface area contributed by atoms with Gasteiger partial charge in [-0.05, 0) is 80.6 Å². The number of carbonyl (C=O) groups is 1. The fraction of sp³-hybridized carbons (Fsp3) is 0.290. The molecular formula is C31H31NO5. The molecular weight excluding hydrogens is 466 g/mol. The Bertz CT molecular complexity index is 1520. The third-order valence-electron chi connectivity index (χ3n) is 6.95. The van der Waals surface area contributed by atoms with Crippen LogP contribution in [0.5, 0.6) is 11.5 Å². The molecule has 0 spiro atoms. The maximum Gasteiger partial charge on any atom is 0.290 e. The van der Waals surface area contributed by atoms with Crippen LogP contribution in [0.25, 0.3) is 11.0 Å². The van der Waals surface area contributed by atoms with Crippen LogP contribution < -0.4 is 14.9 Å². The van der Waals surface area contributed by atoms with Crippen LogP contribution in [0.2, 0.25) is 0 Å². The molecule has 4 aromatic rings. The molecule has 0 aliphatic carbocycles. The summed E-state index contributed by atoms with van der Waals surface area (Å²) in [6.07, 6.45) is 0.651. The molecule has 1 unspecified atom stereocenters. The first-order valence-electron chi connectivity index (χ1n) is 12.7. The summed E-state index contributed by atoms with van der Waals surface area (Å²) in [5, 5.41) is 0.487. The van der Waals surface area contributed by atoms with Gasteiger partial charge in [0.05, 0.1) is 30.2 Å². The minimum atomic E-state index is -0.594. The molecule has 1 aromatic heterocycles. The predicted molar refractivity (Wildman–Crippen MR) is 144 cm³/mol. The summed E-state index contributed by atoms with van der Waals surface area (Å²) in [6.45, 7) is 9.16. The quantitative estimate of drug-likeness (QED) is 0.299. The van der Waals surface area contributed by atoms with E-state index in [0.717, 1.165) is 22.3 Å². The lowest BCUT2D eigenvalue weighted by molar-refractivity contribution is 0.0729. The van der Waals surface area contributed by atoms with E-state index in [2.05, 4.69) is 0 Å². The Morgan fingerprint density at radius 1 is 0.865 bits per heavy atom. The highest BCUT2D eigenvalue weighted by molar-refractivity contribution is 5.99. The Morgan fingerprint density at radius 2 is 1.57 bits per heavy atom. The van der Waals surface area contributed by atoms with Crippen LogP contribution >= 0.6 is 0 Å². The first-order chi connectivity index (χ1) is 17.9. The van der Waals surface area contributed by atoms with Crippen molar-refractivity contribution in [2.24, 2.45) is 0 Å². The van der Waals surface area contributed by atoms with Crippen LogP contribution in [-0.2, 0) is 6.42 Å². The minimum Gasteiger partial charge on any atom is -0.490 e. The van der Waals surface area contributed by atoms with E-state index in [0.29, 0.717) is 54.2 Å². The van der Waals surface area contributed by atoms with Gasteiger partial charge in [-0.25, -0.2) is 0 Å². The molecule has 0 radical (unpaired) electrons. The predicted octanol–water partition coefficient (Wildman–Crippen LogP) is 6.00. The Hall–Kier alpha value is -4.06. The second kappa shape index (κ2) is 10.1. The van der Waals surface area contributed by atoms with E-state index in [9.17, 15) is 9.59 Å². The van der Waals surface area contributed by atoms with Crippen molar-refractivity contribution in [3.05, 3.63) is 104 Å². The second-order valence-electron chi connectivity index (χ2n) is 9.32. The van der Waals surface area contributed by atoms with Crippen LogP contribution in [0.15, 0.2) is 69.9 Å². The smallest absolute Gasteiger partial charge is 0.290 e. The lowest BCUT2D eigenvalue weighted by Gasteiger charge is -2.26. The lowest BCUT2D eigenvalue weighted by atomic mass is 9.97. The van der Waals surface area contributed by atoms with E-state index >= 15 is 0 Å². The monoisotopic (exact) mass is 497 g/mol. The van der Waals surface area contributed by atoms with E-state index in [4.69, 9.17) is 13.9 Å². The summed E-state index contributed by atoms with van der Waals surface area (Å²) < 4.78 is 17.8. The van der Waals surface area contributed by atoms with Gasteiger partial charge < -0.3 is 18.8 Å². The molecule has 1 atom stereocenters. The topological polar surface area (TPSA) is 69.0 Å². The number of benzene rings is 3. The van der Waals surface area contributed by atoms with Crippen molar-refractivity contribution in [3.8, 4) is 11.5 Å². The Morgan fingerprint density at radius 3 is 2.30 bits per heavy atom. The third kappa shape index (κ3) is 4.48. The average molecular weight is 498 g/mol. The van der Waals surface area contributed by atoms with Gasteiger partial charge in [0.2, 0.25) is 5.76 Å². The lowest BCUT2D eigenvalue weighted by Crippen LogP contribution is -2.31. The number of ether oxygens (including phenoxy) is 2. The summed E-state index contributed by atoms with van der Waals surface area (Å²) in [4.78, 5) is 29.4. The zero-order valence-corrected chi connectivity index (χ0v) is 21.7. The molecule has 2 heterocycles. The van der Waals surface area contributed by atoms with Gasteiger partial charge in [-0.1, -0.05) is 36.4 Å². The molecule has 190 valence electrons. The Balaban J connectivity index is 1.67. The van der Waals surface area contributed by atoms with Gasteiger partial charge in [0, 0.05) is 6.54 Å². The highest BCUT2D eigenvalue weighted by Crippen LogP contribution is 2.41. The summed E-state index contributed by atoms with van der Waals surface area (Å²) in [7, 11) is 0. The van der Waals surface area contributed by atoms with Gasteiger partial charge in [0.15, 0.2) is 16.9 Å². The van der Waals surface area contributed by atoms with Crippen molar-refractivity contribution >= 4 is 16.9 Å². The molecule has 5 rings (SSSR count). The molecule has 0 N–H and O–H groups in total. The van der Waals surface area contributed by atoms with Gasteiger partial charge in [0.1, 0.15) is 5.58 Å². The van der Waals surface area contributed by atoms with Crippen molar-refractivity contribution in [3.63, 3.8) is 0 Å². The zero-order chi connectivity index (χ0) is 26.1. The first-order valence-corrected chi connectivity index (χ1v) is 12.7. The van der Waals surface area contributed by atoms with Gasteiger partial charge in [-0.3, -0.25) is 9.59 Å². The summed E-state index contributed by atoms with van der Waals surface area (Å²) in [5.41, 5.74) is 4.54. The summed E-state index contributed by atoms with van der Waals surface area (Å²) in [5.74, 6) is 1.05. The van der Waals surface area contributed by atoms with Crippen molar-refractivity contribution in [2.75, 3.05) is 19.8 Å². The van der Waals surface area contributed by atoms with Crippen molar-refractivity contribution < 1.29 is 18.7 Å². The fourth-order valence-corrected chi connectivity index (χ4v) is 4.98. The Labute approximate surface area is 216 Å². The molecule has 0 fully saturated rings. The number of fused-ring (bicyclic) bond motifs is 2. The number of aryl methyl sites for hydroxylation is 2. The van der Waals surface area contributed by atoms with Crippen LogP contribution in [0, 0.1) is 13.8 Å². The number of carbonyl (C=O) groups excluding carboxylic acids is 1. The normalized spacial score (nSPS) is 14.8. The number of rotatable bonds is 8. The van der Waals surface area contributed by atoms with Crippen LogP contribution in [0.4, 0.5) is 0 Å². The molecule has 6 nitrogen and oxygen atoms in total. The number of amides is 1. The van der Waals surface area contributed by atoms with Gasteiger partial charge in [0.25, 0.3) is 5.91 Å². The molecule has 1 aliphatic heterocycles. The van der Waals surface area contributed by atoms with E-state index in [1.807, 2.05) is 88.4 Å². The van der Waals surface area contributed by atoms with Gasteiger partial charge in [-0.15, -0.1) is 0 Å². The fourth-order valence-electron chi connectivity index (χ4n) is 4.98. The number of hydrogen-bond donors (Lipinski definition) is 0. The van der Waals surface area contributed by atoms with Crippen LogP contribution in [-0.4, -0.2) is 30.6 Å². The maximum absolute atomic E-state index is 13.9. The molecule has 1 aliphatic rings. The third-order valence-corrected chi connectivity index (χ3v) is 6.95. The highest BCUT2D eigenvalue weighted by atomic mass is 16.5. The number of hydrogen-bond acceptors (Lipinski definition) is 5. The largest absolute Gasteiger partial charge is 0.490 e. The van der Waals surface area contributed by atoms with Crippen LogP contribution in [0.1, 0.15) is 58.3 Å². The van der Waals surface area contributed by atoms with Crippen molar-refractivity contribution in [2.45, 2.75) is 40.2 Å². The van der Waals surface area contributed by atoms with Crippen molar-refractivity contribution in [1.82, 2.24) is 4.90 Å². The highest BCUT2D eigenvalue weighted by Gasteiger charge is 2.42. The first kappa shape index (κ1) is 24.6. The SMILES string of the molecule is CCOc1ccc(C2c3c(oc4cc(C)c(C)cc4c3=O)C(=O)N2CCc2ccccc2)cc1OCC. The van der Waals surface area contributed by atoms with Gasteiger partial charge in [-0.2, -0.15) is 0 Å². The van der Waals surface area contributed by atoms with E-state index in [1.165, 1.54) is 0 Å². The minimum absolute atomic E-state index is 0.116. The van der Waals surface area contributed by atoms with E-state index < -0.39 is 6.04 Å². The number of nitrogens with zero attached hydrogens (tertiary/aromatic N) is 1. The molecule has 0 saturated heterocycles.